The van der Waals surface area contributed by atoms with Gasteiger partial charge in [0.2, 0.25) is 0 Å². The fourth-order valence-corrected chi connectivity index (χ4v) is 3.71. The van der Waals surface area contributed by atoms with Crippen LogP contribution in [-0.4, -0.2) is 69.8 Å². The molecule has 0 aliphatic carbocycles. The number of amides is 2. The Kier molecular flexibility index (Phi) is 4.32. The van der Waals surface area contributed by atoms with Crippen LogP contribution < -0.4 is 0 Å². The number of halogens is 1. The molecule has 0 unspecified atom stereocenters. The number of urea groups is 1. The van der Waals surface area contributed by atoms with Gasteiger partial charge in [0.05, 0.1) is 5.69 Å². The summed E-state index contributed by atoms with van der Waals surface area (Å²) in [6.45, 7) is 6.58. The van der Waals surface area contributed by atoms with E-state index in [4.69, 9.17) is 11.6 Å². The van der Waals surface area contributed by atoms with Crippen LogP contribution >= 0.6 is 11.6 Å². The molecule has 1 aromatic rings. The van der Waals surface area contributed by atoms with Crippen molar-refractivity contribution in [2.24, 2.45) is 7.05 Å². The number of piperidine rings is 1. The number of nitrogens with zero attached hydrogens (tertiary/aromatic N) is 5. The SMILES string of the molecule is Cc1nn(C)c(Cl)c1CN1CCC(N2CCN(C)C2=O)CC1. The minimum atomic E-state index is 0.185. The maximum absolute atomic E-state index is 12.1. The van der Waals surface area contributed by atoms with E-state index in [1.54, 1.807) is 4.68 Å². The molecule has 6 nitrogen and oxygen atoms in total. The Morgan fingerprint density at radius 1 is 1.18 bits per heavy atom. The highest BCUT2D eigenvalue weighted by molar-refractivity contribution is 6.30. The fourth-order valence-electron chi connectivity index (χ4n) is 3.47. The second-order valence-electron chi connectivity index (χ2n) is 6.38. The second kappa shape index (κ2) is 6.08. The Balaban J connectivity index is 1.57. The molecule has 0 aromatic carbocycles. The largest absolute Gasteiger partial charge is 0.326 e. The van der Waals surface area contributed by atoms with Crippen molar-refractivity contribution in [2.45, 2.75) is 32.4 Å². The van der Waals surface area contributed by atoms with Crippen LogP contribution in [-0.2, 0) is 13.6 Å². The summed E-state index contributed by atoms with van der Waals surface area (Å²) in [5.74, 6) is 0. The molecule has 1 aromatic heterocycles. The number of carbonyl (C=O) groups is 1. The highest BCUT2D eigenvalue weighted by Crippen LogP contribution is 2.25. The number of likely N-dealkylation sites (N-methyl/N-ethyl adjacent to an activating group) is 1. The van der Waals surface area contributed by atoms with Gasteiger partial charge in [-0.05, 0) is 19.8 Å². The predicted molar refractivity (Wildman–Crippen MR) is 86.0 cm³/mol. The van der Waals surface area contributed by atoms with Crippen molar-refractivity contribution in [1.29, 1.82) is 0 Å². The number of hydrogen-bond acceptors (Lipinski definition) is 3. The molecule has 2 fully saturated rings. The zero-order chi connectivity index (χ0) is 15.9. The third-order valence-electron chi connectivity index (χ3n) is 4.90. The monoisotopic (exact) mass is 325 g/mol. The van der Waals surface area contributed by atoms with Gasteiger partial charge in [-0.25, -0.2) is 4.79 Å². The van der Waals surface area contributed by atoms with Gasteiger partial charge in [-0.3, -0.25) is 9.58 Å². The van der Waals surface area contributed by atoms with Crippen LogP contribution in [0, 0.1) is 6.92 Å². The third kappa shape index (κ3) is 2.82. The van der Waals surface area contributed by atoms with Gasteiger partial charge < -0.3 is 9.80 Å². The van der Waals surface area contributed by atoms with Crippen LogP contribution in [0.3, 0.4) is 0 Å². The third-order valence-corrected chi connectivity index (χ3v) is 5.37. The molecule has 3 heterocycles. The van der Waals surface area contributed by atoms with E-state index < -0.39 is 0 Å². The number of hydrogen-bond donors (Lipinski definition) is 0. The number of aromatic nitrogens is 2. The van der Waals surface area contributed by atoms with Crippen LogP contribution in [0.4, 0.5) is 4.79 Å². The molecule has 2 aliphatic heterocycles. The fraction of sp³-hybridized carbons (Fsp3) is 0.733. The van der Waals surface area contributed by atoms with Gasteiger partial charge in [-0.15, -0.1) is 0 Å². The van der Waals surface area contributed by atoms with E-state index in [9.17, 15) is 4.79 Å². The molecule has 7 heteroatoms. The zero-order valence-corrected chi connectivity index (χ0v) is 14.3. The zero-order valence-electron chi connectivity index (χ0n) is 13.5. The van der Waals surface area contributed by atoms with Gasteiger partial charge in [0.25, 0.3) is 0 Å². The predicted octanol–water partition coefficient (Wildman–Crippen LogP) is 1.71. The van der Waals surface area contributed by atoms with Crippen LogP contribution in [0.15, 0.2) is 0 Å². The van der Waals surface area contributed by atoms with E-state index in [-0.39, 0.29) is 6.03 Å². The van der Waals surface area contributed by atoms with Gasteiger partial charge in [0, 0.05) is 58.4 Å². The van der Waals surface area contributed by atoms with Crippen molar-refractivity contribution in [2.75, 3.05) is 33.2 Å². The van der Waals surface area contributed by atoms with E-state index in [2.05, 4.69) is 10.00 Å². The van der Waals surface area contributed by atoms with Crippen molar-refractivity contribution in [3.63, 3.8) is 0 Å². The second-order valence-corrected chi connectivity index (χ2v) is 6.74. The standard InChI is InChI=1S/C15H24ClN5O/c1-11-13(14(16)19(3)17-11)10-20-6-4-12(5-7-20)21-9-8-18(2)15(21)22/h12H,4-10H2,1-3H3. The molecule has 0 atom stereocenters. The highest BCUT2D eigenvalue weighted by Gasteiger charge is 2.33. The Labute approximate surface area is 136 Å². The number of likely N-dealkylation sites (tertiary alicyclic amines) is 1. The Morgan fingerprint density at radius 3 is 2.36 bits per heavy atom. The smallest absolute Gasteiger partial charge is 0.320 e. The van der Waals surface area contributed by atoms with Crippen LogP contribution in [0.25, 0.3) is 0 Å². The number of aryl methyl sites for hydroxylation is 2. The molecule has 0 bridgehead atoms. The molecule has 0 saturated carbocycles. The van der Waals surface area contributed by atoms with Crippen molar-refractivity contribution >= 4 is 17.6 Å². The lowest BCUT2D eigenvalue weighted by Crippen LogP contribution is -2.46. The van der Waals surface area contributed by atoms with E-state index >= 15 is 0 Å². The van der Waals surface area contributed by atoms with E-state index in [0.717, 1.165) is 62.0 Å². The summed E-state index contributed by atoms with van der Waals surface area (Å²) in [7, 11) is 3.76. The maximum atomic E-state index is 12.1. The normalized spacial score (nSPS) is 21.2. The first-order valence-corrected chi connectivity index (χ1v) is 8.27. The van der Waals surface area contributed by atoms with E-state index in [1.807, 2.05) is 30.8 Å². The topological polar surface area (TPSA) is 44.6 Å². The van der Waals surface area contributed by atoms with Crippen LogP contribution in [0.2, 0.25) is 5.15 Å². The lowest BCUT2D eigenvalue weighted by Gasteiger charge is -2.36. The number of rotatable bonds is 3. The minimum Gasteiger partial charge on any atom is -0.326 e. The van der Waals surface area contributed by atoms with Gasteiger partial charge in [-0.1, -0.05) is 11.6 Å². The van der Waals surface area contributed by atoms with Gasteiger partial charge >= 0.3 is 6.03 Å². The van der Waals surface area contributed by atoms with Crippen molar-refractivity contribution in [1.82, 2.24) is 24.5 Å². The minimum absolute atomic E-state index is 0.185. The maximum Gasteiger partial charge on any atom is 0.320 e. The highest BCUT2D eigenvalue weighted by atomic mass is 35.5. The Bertz CT molecular complexity index is 565. The van der Waals surface area contributed by atoms with Crippen LogP contribution in [0.1, 0.15) is 24.1 Å². The van der Waals surface area contributed by atoms with Crippen LogP contribution in [0.5, 0.6) is 0 Å². The average molecular weight is 326 g/mol. The summed E-state index contributed by atoms with van der Waals surface area (Å²) >= 11 is 6.32. The molecule has 0 spiro atoms. The van der Waals surface area contributed by atoms with Crippen molar-refractivity contribution in [3.05, 3.63) is 16.4 Å². The Morgan fingerprint density at radius 2 is 1.86 bits per heavy atom. The Hall–Kier alpha value is -1.27. The molecule has 122 valence electrons. The van der Waals surface area contributed by atoms with E-state index in [0.29, 0.717) is 6.04 Å². The quantitative estimate of drug-likeness (QED) is 0.850. The lowest BCUT2D eigenvalue weighted by atomic mass is 10.0. The van der Waals surface area contributed by atoms with Gasteiger partial charge in [0.1, 0.15) is 5.15 Å². The summed E-state index contributed by atoms with van der Waals surface area (Å²) in [5, 5.41) is 5.10. The molecule has 2 saturated heterocycles. The lowest BCUT2D eigenvalue weighted by molar-refractivity contribution is 0.127. The molecular weight excluding hydrogens is 302 g/mol. The van der Waals surface area contributed by atoms with Crippen molar-refractivity contribution in [3.8, 4) is 0 Å². The molecule has 3 rings (SSSR count). The first-order chi connectivity index (χ1) is 10.5. The first kappa shape index (κ1) is 15.6. The van der Waals surface area contributed by atoms with Crippen molar-refractivity contribution < 1.29 is 4.79 Å². The molecule has 2 aliphatic rings. The molecule has 0 radical (unpaired) electrons. The average Bonchev–Trinajstić information content (AvgIpc) is 2.95. The summed E-state index contributed by atoms with van der Waals surface area (Å²) in [6, 6.07) is 0.573. The first-order valence-electron chi connectivity index (χ1n) is 7.89. The molecular formula is C15H24ClN5O. The summed E-state index contributed by atoms with van der Waals surface area (Å²) in [5.41, 5.74) is 2.13. The summed E-state index contributed by atoms with van der Waals surface area (Å²) in [6.07, 6.45) is 2.08. The summed E-state index contributed by atoms with van der Waals surface area (Å²) < 4.78 is 1.73. The van der Waals surface area contributed by atoms with Gasteiger partial charge in [0.15, 0.2) is 0 Å². The number of carbonyl (C=O) groups excluding carboxylic acids is 1. The molecule has 22 heavy (non-hydrogen) atoms. The molecule has 0 N–H and O–H groups in total. The summed E-state index contributed by atoms with van der Waals surface area (Å²) in [4.78, 5) is 18.3. The van der Waals surface area contributed by atoms with E-state index in [1.165, 1.54) is 0 Å². The van der Waals surface area contributed by atoms with Gasteiger partial charge in [-0.2, -0.15) is 5.10 Å². The molecule has 2 amide bonds.